The monoisotopic (exact) mass is 364 g/mol. The molecule has 2 aliphatic rings. The molecule has 0 amide bonds. The highest BCUT2D eigenvalue weighted by molar-refractivity contribution is 5.35. The molecule has 1 fully saturated rings. The van der Waals surface area contributed by atoms with Gasteiger partial charge in [0.15, 0.2) is 0 Å². The van der Waals surface area contributed by atoms with Gasteiger partial charge in [0.25, 0.3) is 0 Å². The number of rotatable bonds is 3. The SMILES string of the molecule is Cc1cc(C)n2c(CN3CCCC3c3nc4c(n3C)CCCC4)cnc2n1. The third-order valence-corrected chi connectivity index (χ3v) is 6.30. The fourth-order valence-electron chi connectivity index (χ4n) is 5.03. The van der Waals surface area contributed by atoms with Gasteiger partial charge in [-0.2, -0.15) is 0 Å². The van der Waals surface area contributed by atoms with Crippen molar-refractivity contribution in [1.82, 2.24) is 28.8 Å². The third-order valence-electron chi connectivity index (χ3n) is 6.30. The van der Waals surface area contributed by atoms with Gasteiger partial charge in [0.1, 0.15) is 5.82 Å². The third kappa shape index (κ3) is 2.78. The fourth-order valence-corrected chi connectivity index (χ4v) is 5.03. The van der Waals surface area contributed by atoms with Gasteiger partial charge < -0.3 is 4.57 Å². The lowest BCUT2D eigenvalue weighted by Crippen LogP contribution is -2.26. The van der Waals surface area contributed by atoms with Crippen LogP contribution < -0.4 is 0 Å². The van der Waals surface area contributed by atoms with Crippen LogP contribution in [-0.4, -0.2) is 35.4 Å². The van der Waals surface area contributed by atoms with Gasteiger partial charge in [-0.05, 0) is 65.0 Å². The first-order chi connectivity index (χ1) is 13.1. The summed E-state index contributed by atoms with van der Waals surface area (Å²) in [5.74, 6) is 2.07. The number of nitrogens with zero attached hydrogens (tertiary/aromatic N) is 6. The smallest absolute Gasteiger partial charge is 0.234 e. The van der Waals surface area contributed by atoms with Crippen molar-refractivity contribution in [2.24, 2.45) is 7.05 Å². The lowest BCUT2D eigenvalue weighted by atomic mass is 10.0. The Bertz CT molecular complexity index is 998. The van der Waals surface area contributed by atoms with E-state index >= 15 is 0 Å². The molecular weight excluding hydrogens is 336 g/mol. The molecule has 0 saturated carbocycles. The van der Waals surface area contributed by atoms with E-state index in [0.717, 1.165) is 31.0 Å². The molecule has 142 valence electrons. The second-order valence-corrected chi connectivity index (χ2v) is 8.18. The van der Waals surface area contributed by atoms with E-state index in [-0.39, 0.29) is 0 Å². The molecule has 6 heteroatoms. The summed E-state index contributed by atoms with van der Waals surface area (Å²) in [5, 5.41) is 0. The molecule has 0 radical (unpaired) electrons. The summed E-state index contributed by atoms with van der Waals surface area (Å²) in [6.07, 6.45) is 9.33. The Morgan fingerprint density at radius 1 is 1.11 bits per heavy atom. The van der Waals surface area contributed by atoms with Gasteiger partial charge in [-0.3, -0.25) is 9.30 Å². The molecule has 1 saturated heterocycles. The van der Waals surface area contributed by atoms with E-state index in [1.807, 2.05) is 13.1 Å². The Balaban J connectivity index is 1.47. The maximum atomic E-state index is 5.09. The van der Waals surface area contributed by atoms with Crippen molar-refractivity contribution < 1.29 is 0 Å². The van der Waals surface area contributed by atoms with Crippen LogP contribution in [0.5, 0.6) is 0 Å². The van der Waals surface area contributed by atoms with Crippen LogP contribution in [0.4, 0.5) is 0 Å². The molecule has 1 aliphatic carbocycles. The zero-order valence-corrected chi connectivity index (χ0v) is 16.6. The van der Waals surface area contributed by atoms with Crippen molar-refractivity contribution in [2.75, 3.05) is 6.54 Å². The standard InChI is InChI=1S/C21H28N6/c1-14-11-15(2)27-16(12-22-21(27)23-14)13-26-10-6-9-19(26)20-24-17-7-4-5-8-18(17)25(20)3/h11-12,19H,4-10,13H2,1-3H3. The largest absolute Gasteiger partial charge is 0.334 e. The van der Waals surface area contributed by atoms with E-state index in [1.165, 1.54) is 60.7 Å². The predicted molar refractivity (Wildman–Crippen MR) is 105 cm³/mol. The minimum Gasteiger partial charge on any atom is -0.334 e. The summed E-state index contributed by atoms with van der Waals surface area (Å²) < 4.78 is 4.59. The van der Waals surface area contributed by atoms with Gasteiger partial charge in [0, 0.05) is 30.7 Å². The number of hydrogen-bond donors (Lipinski definition) is 0. The van der Waals surface area contributed by atoms with Crippen LogP contribution in [-0.2, 0) is 26.4 Å². The van der Waals surface area contributed by atoms with E-state index in [4.69, 9.17) is 4.98 Å². The normalized spacial score (nSPS) is 20.5. The fraction of sp³-hybridized carbons (Fsp3) is 0.571. The Morgan fingerprint density at radius 3 is 2.81 bits per heavy atom. The van der Waals surface area contributed by atoms with Crippen LogP contribution in [0.15, 0.2) is 12.3 Å². The second kappa shape index (κ2) is 6.44. The second-order valence-electron chi connectivity index (χ2n) is 8.18. The number of hydrogen-bond acceptors (Lipinski definition) is 4. The minimum absolute atomic E-state index is 0.407. The molecule has 1 unspecified atom stereocenters. The summed E-state index contributed by atoms with van der Waals surface area (Å²) in [5.41, 5.74) is 6.26. The molecule has 6 nitrogen and oxygen atoms in total. The van der Waals surface area contributed by atoms with E-state index < -0.39 is 0 Å². The average molecular weight is 364 g/mol. The number of aryl methyl sites for hydroxylation is 3. The Hall–Kier alpha value is -2.21. The zero-order chi connectivity index (χ0) is 18.5. The van der Waals surface area contributed by atoms with E-state index in [1.54, 1.807) is 0 Å². The summed E-state index contributed by atoms with van der Waals surface area (Å²) in [6, 6.07) is 2.54. The Kier molecular flexibility index (Phi) is 4.04. The molecule has 0 bridgehead atoms. The molecule has 27 heavy (non-hydrogen) atoms. The molecular formula is C21H28N6. The van der Waals surface area contributed by atoms with Gasteiger partial charge in [0.05, 0.1) is 23.6 Å². The van der Waals surface area contributed by atoms with E-state index in [2.05, 4.69) is 43.9 Å². The van der Waals surface area contributed by atoms with Gasteiger partial charge in [-0.1, -0.05) is 0 Å². The van der Waals surface area contributed by atoms with Crippen molar-refractivity contribution in [2.45, 2.75) is 65.0 Å². The quantitative estimate of drug-likeness (QED) is 0.716. The predicted octanol–water partition coefficient (Wildman–Crippen LogP) is 3.30. The Labute approximate surface area is 160 Å². The molecule has 3 aromatic rings. The average Bonchev–Trinajstić information content (AvgIpc) is 3.34. The lowest BCUT2D eigenvalue weighted by molar-refractivity contribution is 0.233. The molecule has 0 aromatic carbocycles. The van der Waals surface area contributed by atoms with Crippen molar-refractivity contribution >= 4 is 5.78 Å². The topological polar surface area (TPSA) is 51.2 Å². The van der Waals surface area contributed by atoms with Gasteiger partial charge in [-0.15, -0.1) is 0 Å². The van der Waals surface area contributed by atoms with Crippen molar-refractivity contribution in [3.05, 3.63) is 46.6 Å². The van der Waals surface area contributed by atoms with Crippen LogP contribution in [0.3, 0.4) is 0 Å². The summed E-state index contributed by atoms with van der Waals surface area (Å²) >= 11 is 0. The highest BCUT2D eigenvalue weighted by Gasteiger charge is 2.32. The molecule has 3 aromatic heterocycles. The summed E-state index contributed by atoms with van der Waals surface area (Å²) in [4.78, 5) is 16.8. The maximum absolute atomic E-state index is 5.09. The lowest BCUT2D eigenvalue weighted by Gasteiger charge is -2.24. The van der Waals surface area contributed by atoms with Crippen molar-refractivity contribution in [3.63, 3.8) is 0 Å². The number of likely N-dealkylation sites (tertiary alicyclic amines) is 1. The van der Waals surface area contributed by atoms with E-state index in [0.29, 0.717) is 6.04 Å². The van der Waals surface area contributed by atoms with Crippen LogP contribution in [0.2, 0.25) is 0 Å². The van der Waals surface area contributed by atoms with Gasteiger partial charge >= 0.3 is 0 Å². The molecule has 0 N–H and O–H groups in total. The van der Waals surface area contributed by atoms with Crippen LogP contribution in [0.1, 0.15) is 66.0 Å². The van der Waals surface area contributed by atoms with Crippen molar-refractivity contribution in [1.29, 1.82) is 0 Å². The summed E-state index contributed by atoms with van der Waals surface area (Å²) in [6.45, 7) is 6.19. The highest BCUT2D eigenvalue weighted by Crippen LogP contribution is 2.35. The maximum Gasteiger partial charge on any atom is 0.234 e. The molecule has 5 rings (SSSR count). The van der Waals surface area contributed by atoms with Crippen LogP contribution >= 0.6 is 0 Å². The molecule has 0 spiro atoms. The number of aromatic nitrogens is 5. The minimum atomic E-state index is 0.407. The molecule has 4 heterocycles. The first kappa shape index (κ1) is 16.9. The van der Waals surface area contributed by atoms with Crippen molar-refractivity contribution in [3.8, 4) is 0 Å². The van der Waals surface area contributed by atoms with Gasteiger partial charge in [-0.25, -0.2) is 15.0 Å². The highest BCUT2D eigenvalue weighted by atomic mass is 15.2. The first-order valence-corrected chi connectivity index (χ1v) is 10.2. The zero-order valence-electron chi connectivity index (χ0n) is 16.6. The molecule has 1 aliphatic heterocycles. The van der Waals surface area contributed by atoms with Crippen LogP contribution in [0, 0.1) is 13.8 Å². The summed E-state index contributed by atoms with van der Waals surface area (Å²) in [7, 11) is 2.22. The molecule has 1 atom stereocenters. The Morgan fingerprint density at radius 2 is 1.96 bits per heavy atom. The van der Waals surface area contributed by atoms with Gasteiger partial charge in [0.2, 0.25) is 5.78 Å². The first-order valence-electron chi connectivity index (χ1n) is 10.2. The number of fused-ring (bicyclic) bond motifs is 2. The number of imidazole rings is 2. The van der Waals surface area contributed by atoms with E-state index in [9.17, 15) is 0 Å². The van der Waals surface area contributed by atoms with Crippen LogP contribution in [0.25, 0.3) is 5.78 Å².